The third kappa shape index (κ3) is 4.24. The van der Waals surface area contributed by atoms with Gasteiger partial charge in [0.15, 0.2) is 0 Å². The molecule has 0 amide bonds. The van der Waals surface area contributed by atoms with Gasteiger partial charge in [0.05, 0.1) is 18.1 Å². The summed E-state index contributed by atoms with van der Waals surface area (Å²) in [4.78, 5) is 12.3. The zero-order valence-electron chi connectivity index (χ0n) is 12.3. The standard InChI is InChI=1S/C15H14N6OS/c1-10-6-17-8-14(19-10)22-12-4-2-11(3-5-12)7-18-21-15-20-13(16)9-23-15/h2-9H,16H2,1H3,(H,20,21). The smallest absolute Gasteiger partial charge is 0.238 e. The summed E-state index contributed by atoms with van der Waals surface area (Å²) in [7, 11) is 0. The Morgan fingerprint density at radius 3 is 2.74 bits per heavy atom. The van der Waals surface area contributed by atoms with Crippen LogP contribution in [0.1, 0.15) is 11.3 Å². The van der Waals surface area contributed by atoms with E-state index in [2.05, 4.69) is 25.5 Å². The molecule has 0 spiro atoms. The fraction of sp³-hybridized carbons (Fsp3) is 0.0667. The second kappa shape index (κ2) is 6.84. The lowest BCUT2D eigenvalue weighted by molar-refractivity contribution is 0.458. The van der Waals surface area contributed by atoms with Gasteiger partial charge in [-0.3, -0.25) is 10.4 Å². The van der Waals surface area contributed by atoms with Gasteiger partial charge in [-0.15, -0.1) is 11.3 Å². The maximum absolute atomic E-state index is 5.63. The number of nitrogen functional groups attached to an aromatic ring is 1. The molecule has 3 aromatic rings. The number of hydrazone groups is 1. The molecule has 7 nitrogen and oxygen atoms in total. The molecule has 3 rings (SSSR count). The van der Waals surface area contributed by atoms with Crippen LogP contribution in [0.25, 0.3) is 0 Å². The molecule has 0 aliphatic rings. The van der Waals surface area contributed by atoms with E-state index in [1.807, 2.05) is 31.2 Å². The highest BCUT2D eigenvalue weighted by atomic mass is 32.1. The van der Waals surface area contributed by atoms with E-state index in [4.69, 9.17) is 10.5 Å². The number of nitrogens with zero attached hydrogens (tertiary/aromatic N) is 4. The zero-order chi connectivity index (χ0) is 16.1. The minimum atomic E-state index is 0.467. The van der Waals surface area contributed by atoms with E-state index in [1.54, 1.807) is 24.0 Å². The molecule has 0 unspecified atom stereocenters. The molecule has 0 radical (unpaired) electrons. The van der Waals surface area contributed by atoms with E-state index in [0.29, 0.717) is 22.6 Å². The molecule has 0 atom stereocenters. The number of rotatable bonds is 5. The van der Waals surface area contributed by atoms with Crippen molar-refractivity contribution in [3.8, 4) is 11.6 Å². The van der Waals surface area contributed by atoms with E-state index in [0.717, 1.165) is 11.3 Å². The third-order valence-electron chi connectivity index (χ3n) is 2.73. The molecule has 0 fully saturated rings. The van der Waals surface area contributed by atoms with Gasteiger partial charge in [-0.05, 0) is 36.8 Å². The summed E-state index contributed by atoms with van der Waals surface area (Å²) in [5.74, 6) is 1.63. The number of anilines is 2. The largest absolute Gasteiger partial charge is 0.437 e. The molecule has 0 aliphatic heterocycles. The first-order valence-electron chi connectivity index (χ1n) is 6.76. The number of nitrogens with two attached hydrogens (primary N) is 1. The molecule has 1 aromatic carbocycles. The van der Waals surface area contributed by atoms with Crippen molar-refractivity contribution in [1.82, 2.24) is 15.0 Å². The monoisotopic (exact) mass is 326 g/mol. The lowest BCUT2D eigenvalue weighted by Gasteiger charge is -2.04. The van der Waals surface area contributed by atoms with E-state index in [1.165, 1.54) is 11.3 Å². The van der Waals surface area contributed by atoms with E-state index >= 15 is 0 Å². The van der Waals surface area contributed by atoms with Crippen molar-refractivity contribution in [2.24, 2.45) is 5.10 Å². The zero-order valence-corrected chi connectivity index (χ0v) is 13.1. The Hall–Kier alpha value is -3.00. The second-order valence-corrected chi connectivity index (χ2v) is 5.48. The Labute approximate surface area is 136 Å². The summed E-state index contributed by atoms with van der Waals surface area (Å²) in [6.07, 6.45) is 4.94. The van der Waals surface area contributed by atoms with Crippen LogP contribution in [0.3, 0.4) is 0 Å². The number of nitrogens with one attached hydrogen (secondary N) is 1. The predicted molar refractivity (Wildman–Crippen MR) is 91.0 cm³/mol. The van der Waals surface area contributed by atoms with Gasteiger partial charge in [-0.2, -0.15) is 5.10 Å². The number of benzene rings is 1. The Kier molecular flexibility index (Phi) is 4.44. The molecule has 3 N–H and O–H groups in total. The second-order valence-electron chi connectivity index (χ2n) is 4.62. The highest BCUT2D eigenvalue weighted by molar-refractivity contribution is 7.14. The van der Waals surface area contributed by atoms with E-state index in [-0.39, 0.29) is 0 Å². The summed E-state index contributed by atoms with van der Waals surface area (Å²) < 4.78 is 5.63. The Morgan fingerprint density at radius 1 is 1.22 bits per heavy atom. The number of ether oxygens (including phenoxy) is 1. The number of aromatic nitrogens is 3. The van der Waals surface area contributed by atoms with Gasteiger partial charge in [0.2, 0.25) is 11.0 Å². The van der Waals surface area contributed by atoms with E-state index < -0.39 is 0 Å². The van der Waals surface area contributed by atoms with Crippen LogP contribution < -0.4 is 15.9 Å². The minimum absolute atomic E-state index is 0.467. The topological polar surface area (TPSA) is 98.3 Å². The maximum atomic E-state index is 5.63. The molecule has 2 aromatic heterocycles. The lowest BCUT2D eigenvalue weighted by atomic mass is 10.2. The normalized spacial score (nSPS) is 10.8. The molecule has 23 heavy (non-hydrogen) atoms. The Morgan fingerprint density at radius 2 is 2.04 bits per heavy atom. The fourth-order valence-corrected chi connectivity index (χ4v) is 2.28. The first-order chi connectivity index (χ1) is 11.2. The number of thiazole rings is 1. The average molecular weight is 326 g/mol. The van der Waals surface area contributed by atoms with Crippen LogP contribution in [0, 0.1) is 6.92 Å². The van der Waals surface area contributed by atoms with Crippen LogP contribution in [-0.2, 0) is 0 Å². The van der Waals surface area contributed by atoms with Gasteiger partial charge >= 0.3 is 0 Å². The predicted octanol–water partition coefficient (Wildman–Crippen LogP) is 3.06. The van der Waals surface area contributed by atoms with Gasteiger partial charge in [0.1, 0.15) is 11.6 Å². The van der Waals surface area contributed by atoms with Crippen molar-refractivity contribution in [2.75, 3.05) is 11.2 Å². The van der Waals surface area contributed by atoms with Gasteiger partial charge in [0.25, 0.3) is 0 Å². The summed E-state index contributed by atoms with van der Waals surface area (Å²) in [5, 5.41) is 6.50. The molecule has 0 saturated heterocycles. The van der Waals surface area contributed by atoms with Crippen LogP contribution in [0.5, 0.6) is 11.6 Å². The van der Waals surface area contributed by atoms with Crippen molar-refractivity contribution < 1.29 is 4.74 Å². The molecule has 2 heterocycles. The van der Waals surface area contributed by atoms with Crippen molar-refractivity contribution in [2.45, 2.75) is 6.92 Å². The Balaban J connectivity index is 1.60. The minimum Gasteiger partial charge on any atom is -0.437 e. The van der Waals surface area contributed by atoms with Crippen molar-refractivity contribution in [3.05, 3.63) is 53.3 Å². The SMILES string of the molecule is Cc1cncc(Oc2ccc(C=NNc3nc(N)cs3)cc2)n1. The highest BCUT2D eigenvalue weighted by Crippen LogP contribution is 2.19. The van der Waals surface area contributed by atoms with Crippen molar-refractivity contribution in [1.29, 1.82) is 0 Å². The summed E-state index contributed by atoms with van der Waals surface area (Å²) in [6, 6.07) is 7.46. The van der Waals surface area contributed by atoms with Gasteiger partial charge in [-0.1, -0.05) is 0 Å². The number of aryl methyl sites for hydroxylation is 1. The fourth-order valence-electron chi connectivity index (χ4n) is 1.73. The molecular formula is C15H14N6OS. The first kappa shape index (κ1) is 14.9. The average Bonchev–Trinajstić information content (AvgIpc) is 2.95. The van der Waals surface area contributed by atoms with Crippen molar-refractivity contribution >= 4 is 28.5 Å². The Bertz CT molecular complexity index is 815. The van der Waals surface area contributed by atoms with Crippen LogP contribution >= 0.6 is 11.3 Å². The van der Waals surface area contributed by atoms with Crippen molar-refractivity contribution in [3.63, 3.8) is 0 Å². The summed E-state index contributed by atoms with van der Waals surface area (Å²) >= 11 is 1.40. The first-order valence-corrected chi connectivity index (χ1v) is 7.64. The lowest BCUT2D eigenvalue weighted by Crippen LogP contribution is -1.93. The quantitative estimate of drug-likeness (QED) is 0.552. The maximum Gasteiger partial charge on any atom is 0.238 e. The van der Waals surface area contributed by atoms with Crippen LogP contribution in [0.15, 0.2) is 47.1 Å². The van der Waals surface area contributed by atoms with Crippen LogP contribution in [-0.4, -0.2) is 21.2 Å². The third-order valence-corrected chi connectivity index (χ3v) is 3.50. The van der Waals surface area contributed by atoms with Crippen LogP contribution in [0.2, 0.25) is 0 Å². The molecular weight excluding hydrogens is 312 g/mol. The summed E-state index contributed by atoms with van der Waals surface area (Å²) in [5.41, 5.74) is 10.1. The molecule has 8 heteroatoms. The molecule has 116 valence electrons. The number of hydrogen-bond acceptors (Lipinski definition) is 8. The molecule has 0 bridgehead atoms. The molecule has 0 aliphatic carbocycles. The van der Waals surface area contributed by atoms with Gasteiger partial charge in [-0.25, -0.2) is 9.97 Å². The highest BCUT2D eigenvalue weighted by Gasteiger charge is 2.00. The van der Waals surface area contributed by atoms with Gasteiger partial charge < -0.3 is 10.5 Å². The van der Waals surface area contributed by atoms with E-state index in [9.17, 15) is 0 Å². The van der Waals surface area contributed by atoms with Crippen LogP contribution in [0.4, 0.5) is 10.9 Å². The number of hydrogen-bond donors (Lipinski definition) is 2. The van der Waals surface area contributed by atoms with Gasteiger partial charge in [0, 0.05) is 11.6 Å². The summed E-state index contributed by atoms with van der Waals surface area (Å²) in [6.45, 7) is 1.86. The molecule has 0 saturated carbocycles.